The first-order valence-corrected chi connectivity index (χ1v) is 8.61. The Hall–Kier alpha value is -3.09. The van der Waals surface area contributed by atoms with Gasteiger partial charge in [-0.25, -0.2) is 0 Å². The fraction of sp³-hybridized carbons (Fsp3) is 0.316. The molecule has 2 aromatic heterocycles. The predicted molar refractivity (Wildman–Crippen MR) is 99.7 cm³/mol. The first kappa shape index (κ1) is 16.4. The van der Waals surface area contributed by atoms with E-state index in [1.165, 1.54) is 0 Å². The molecule has 7 heteroatoms. The molecular weight excluding hydrogens is 332 g/mol. The van der Waals surface area contributed by atoms with Crippen LogP contribution in [-0.4, -0.2) is 20.3 Å². The summed E-state index contributed by atoms with van der Waals surface area (Å²) in [5.41, 5.74) is 1.27. The molecule has 4 rings (SSSR count). The lowest BCUT2D eigenvalue weighted by Gasteiger charge is -2.24. The number of aromatic amines is 1. The number of rotatable bonds is 2. The van der Waals surface area contributed by atoms with Gasteiger partial charge >= 0.3 is 0 Å². The maximum absolute atomic E-state index is 13.0. The number of anilines is 1. The highest BCUT2D eigenvalue weighted by Crippen LogP contribution is 2.35. The summed E-state index contributed by atoms with van der Waals surface area (Å²) >= 11 is 0. The Morgan fingerprint density at radius 2 is 1.88 bits per heavy atom. The van der Waals surface area contributed by atoms with Crippen molar-refractivity contribution in [1.29, 1.82) is 0 Å². The van der Waals surface area contributed by atoms with Crippen LogP contribution >= 0.6 is 0 Å². The predicted octanol–water partition coefficient (Wildman–Crippen LogP) is 2.08. The van der Waals surface area contributed by atoms with Crippen LogP contribution in [0.15, 0.2) is 39.9 Å². The van der Waals surface area contributed by atoms with Crippen LogP contribution in [0.25, 0.3) is 10.9 Å². The first-order valence-electron chi connectivity index (χ1n) is 8.61. The van der Waals surface area contributed by atoms with Crippen LogP contribution in [-0.2, 0) is 11.8 Å². The van der Waals surface area contributed by atoms with Crippen molar-refractivity contribution in [3.05, 3.63) is 62.2 Å². The number of nitrogens with one attached hydrogen (secondary N) is 2. The van der Waals surface area contributed by atoms with Gasteiger partial charge in [-0.2, -0.15) is 0 Å². The first-order chi connectivity index (χ1) is 12.4. The van der Waals surface area contributed by atoms with Crippen LogP contribution < -0.4 is 16.4 Å². The lowest BCUT2D eigenvalue weighted by molar-refractivity contribution is -0.116. The van der Waals surface area contributed by atoms with Crippen molar-refractivity contribution in [2.75, 3.05) is 5.32 Å². The van der Waals surface area contributed by atoms with Crippen molar-refractivity contribution in [2.24, 2.45) is 7.05 Å². The highest BCUT2D eigenvalue weighted by molar-refractivity contribution is 5.94. The molecule has 3 aromatic rings. The second kappa shape index (κ2) is 5.72. The lowest BCUT2D eigenvalue weighted by atomic mass is 9.87. The molecule has 1 atom stereocenters. The largest absolute Gasteiger partial charge is 0.311 e. The maximum Gasteiger partial charge on any atom is 0.270 e. The third-order valence-corrected chi connectivity index (χ3v) is 5.01. The zero-order valence-electron chi connectivity index (χ0n) is 14.9. The summed E-state index contributed by atoms with van der Waals surface area (Å²) in [5.74, 6) is -0.307. The molecule has 1 amide bonds. The average Bonchev–Trinajstić information content (AvgIpc) is 2.94. The number of hydrogen-bond donors (Lipinski definition) is 2. The number of amides is 1. The van der Waals surface area contributed by atoms with Gasteiger partial charge in [0.05, 0.1) is 11.1 Å². The highest BCUT2D eigenvalue weighted by atomic mass is 16.2. The number of aromatic nitrogens is 3. The number of benzene rings is 1. The van der Waals surface area contributed by atoms with Crippen molar-refractivity contribution in [2.45, 2.75) is 32.2 Å². The standard InChI is InChI=1S/C19H20N4O3/c1-10(2)23-17-16(18(25)21-23)12(9-15(24)20-17)13-8-11-6-4-5-7-14(11)22(3)19(13)26/h4-8,10,12H,9H2,1-3H3,(H,20,24)(H,21,25)/t12-/m0/s1. The second-order valence-corrected chi connectivity index (χ2v) is 6.99. The summed E-state index contributed by atoms with van der Waals surface area (Å²) in [6, 6.07) is 9.35. The van der Waals surface area contributed by atoms with E-state index in [-0.39, 0.29) is 29.5 Å². The van der Waals surface area contributed by atoms with E-state index in [0.29, 0.717) is 16.9 Å². The minimum Gasteiger partial charge on any atom is -0.311 e. The summed E-state index contributed by atoms with van der Waals surface area (Å²) < 4.78 is 3.22. The Morgan fingerprint density at radius 1 is 1.15 bits per heavy atom. The number of carbonyl (C=O) groups excluding carboxylic acids is 1. The molecule has 134 valence electrons. The van der Waals surface area contributed by atoms with Crippen LogP contribution in [0, 0.1) is 0 Å². The Balaban J connectivity index is 2.00. The quantitative estimate of drug-likeness (QED) is 0.740. The van der Waals surface area contributed by atoms with Gasteiger partial charge in [0.1, 0.15) is 5.82 Å². The van der Waals surface area contributed by atoms with Gasteiger partial charge in [-0.1, -0.05) is 18.2 Å². The molecule has 2 N–H and O–H groups in total. The molecule has 1 aromatic carbocycles. The van der Waals surface area contributed by atoms with E-state index in [9.17, 15) is 14.4 Å². The molecule has 0 saturated carbocycles. The number of H-pyrrole nitrogens is 1. The van der Waals surface area contributed by atoms with E-state index >= 15 is 0 Å². The fourth-order valence-electron chi connectivity index (χ4n) is 3.73. The summed E-state index contributed by atoms with van der Waals surface area (Å²) in [6.45, 7) is 3.84. The van der Waals surface area contributed by atoms with Crippen molar-refractivity contribution >= 4 is 22.6 Å². The third-order valence-electron chi connectivity index (χ3n) is 5.01. The van der Waals surface area contributed by atoms with Crippen molar-refractivity contribution < 1.29 is 4.79 Å². The van der Waals surface area contributed by atoms with E-state index in [4.69, 9.17) is 0 Å². The van der Waals surface area contributed by atoms with Gasteiger partial charge in [0.15, 0.2) is 0 Å². The summed E-state index contributed by atoms with van der Waals surface area (Å²) in [6.07, 6.45) is 0.0752. The number of carbonyl (C=O) groups is 1. The molecule has 1 aliphatic heterocycles. The maximum atomic E-state index is 13.0. The van der Waals surface area contributed by atoms with Gasteiger partial charge in [-0.3, -0.25) is 24.2 Å². The number of para-hydroxylation sites is 1. The number of hydrogen-bond acceptors (Lipinski definition) is 3. The lowest BCUT2D eigenvalue weighted by Crippen LogP contribution is -2.32. The van der Waals surface area contributed by atoms with Crippen molar-refractivity contribution in [3.63, 3.8) is 0 Å². The van der Waals surface area contributed by atoms with Crippen LogP contribution in [0.4, 0.5) is 5.82 Å². The Morgan fingerprint density at radius 3 is 2.62 bits per heavy atom. The number of pyridine rings is 1. The number of fused-ring (bicyclic) bond motifs is 2. The van der Waals surface area contributed by atoms with Gasteiger partial charge in [-0.15, -0.1) is 0 Å². The van der Waals surface area contributed by atoms with Gasteiger partial charge in [-0.05, 0) is 31.4 Å². The molecule has 0 saturated heterocycles. The smallest absolute Gasteiger partial charge is 0.270 e. The van der Waals surface area contributed by atoms with Gasteiger partial charge in [0.2, 0.25) is 5.91 Å². The monoisotopic (exact) mass is 352 g/mol. The molecule has 26 heavy (non-hydrogen) atoms. The van der Waals surface area contributed by atoms with E-state index in [1.54, 1.807) is 22.4 Å². The fourth-order valence-corrected chi connectivity index (χ4v) is 3.73. The molecule has 0 fully saturated rings. The zero-order valence-corrected chi connectivity index (χ0v) is 14.9. The van der Waals surface area contributed by atoms with Crippen LogP contribution in [0.5, 0.6) is 0 Å². The summed E-state index contributed by atoms with van der Waals surface area (Å²) in [7, 11) is 1.71. The minimum absolute atomic E-state index is 0.0232. The Bertz CT molecular complexity index is 1150. The number of aryl methyl sites for hydroxylation is 1. The molecule has 0 bridgehead atoms. The normalized spacial score (nSPS) is 16.8. The van der Waals surface area contributed by atoms with Gasteiger partial charge in [0.25, 0.3) is 11.1 Å². The molecule has 3 heterocycles. The molecular formula is C19H20N4O3. The van der Waals surface area contributed by atoms with Crippen LogP contribution in [0.2, 0.25) is 0 Å². The Labute approximate surface area is 149 Å². The third kappa shape index (κ3) is 2.31. The van der Waals surface area contributed by atoms with E-state index in [0.717, 1.165) is 10.9 Å². The number of nitrogens with zero attached hydrogens (tertiary/aromatic N) is 2. The van der Waals surface area contributed by atoms with Crippen LogP contribution in [0.1, 0.15) is 43.4 Å². The molecule has 0 radical (unpaired) electrons. The summed E-state index contributed by atoms with van der Waals surface area (Å²) in [4.78, 5) is 37.9. The molecule has 0 unspecified atom stereocenters. The highest BCUT2D eigenvalue weighted by Gasteiger charge is 2.34. The summed E-state index contributed by atoms with van der Waals surface area (Å²) in [5, 5.41) is 6.47. The van der Waals surface area contributed by atoms with E-state index < -0.39 is 5.92 Å². The Kier molecular flexibility index (Phi) is 3.61. The minimum atomic E-state index is -0.564. The van der Waals surface area contributed by atoms with Crippen molar-refractivity contribution in [1.82, 2.24) is 14.3 Å². The average molecular weight is 352 g/mol. The molecule has 1 aliphatic rings. The zero-order chi connectivity index (χ0) is 18.6. The topological polar surface area (TPSA) is 88.9 Å². The van der Waals surface area contributed by atoms with Gasteiger partial charge in [0, 0.05) is 31.0 Å². The molecule has 0 aliphatic carbocycles. The second-order valence-electron chi connectivity index (χ2n) is 6.99. The molecule has 0 spiro atoms. The van der Waals surface area contributed by atoms with Gasteiger partial charge < -0.3 is 9.88 Å². The van der Waals surface area contributed by atoms with E-state index in [2.05, 4.69) is 10.4 Å². The van der Waals surface area contributed by atoms with E-state index in [1.807, 2.05) is 38.1 Å². The van der Waals surface area contributed by atoms with Crippen LogP contribution in [0.3, 0.4) is 0 Å². The van der Waals surface area contributed by atoms with Crippen molar-refractivity contribution in [3.8, 4) is 0 Å². The molecule has 7 nitrogen and oxygen atoms in total. The SMILES string of the molecule is CC(C)n1[nH]c(=O)c2c1NC(=O)C[C@H]2c1cc2ccccc2n(C)c1=O.